The van der Waals surface area contributed by atoms with Crippen LogP contribution in [0.25, 0.3) is 22.3 Å². The van der Waals surface area contributed by atoms with Gasteiger partial charge >= 0.3 is 0 Å². The van der Waals surface area contributed by atoms with Gasteiger partial charge in [-0.25, -0.2) is 39.9 Å². The number of aromatic nitrogens is 8. The van der Waals surface area contributed by atoms with Crippen LogP contribution in [0.1, 0.15) is 23.3 Å². The number of hydrogen-bond donors (Lipinski definition) is 0. The summed E-state index contributed by atoms with van der Waals surface area (Å²) in [5, 5.41) is 0. The molecule has 5 aliphatic heterocycles. The van der Waals surface area contributed by atoms with E-state index in [1.54, 1.807) is 24.8 Å². The van der Waals surface area contributed by atoms with Crippen molar-refractivity contribution in [2.45, 2.75) is 0 Å². The Morgan fingerprint density at radius 2 is 0.562 bits per heavy atom. The molecule has 0 spiro atoms. The lowest BCUT2D eigenvalue weighted by Gasteiger charge is -2.12. The molecular formula is C36H28N12. The molecule has 0 aromatic carbocycles. The molecule has 4 aromatic rings. The third-order valence-corrected chi connectivity index (χ3v) is 8.79. The van der Waals surface area contributed by atoms with Crippen molar-refractivity contribution in [3.8, 4) is 0 Å². The molecule has 0 saturated heterocycles. The molecular weight excluding hydrogens is 600 g/mol. The SMILES string of the molecule is Cn1ccnc1C1=C2C=CC(=N2)C(c2nccn2C)=C2C=CC(=N2)C(c2nccn2C)=C2C=CC(=N2)C(c2nccn2C)=C2C=CC1=N2. The lowest BCUT2D eigenvalue weighted by molar-refractivity contribution is 0.891. The topological polar surface area (TPSA) is 121 Å². The summed E-state index contributed by atoms with van der Waals surface area (Å²) in [5.41, 5.74) is 9.14. The van der Waals surface area contributed by atoms with Crippen molar-refractivity contribution < 1.29 is 0 Å². The van der Waals surface area contributed by atoms with Crippen LogP contribution in [0.15, 0.2) is 141 Å². The maximum Gasteiger partial charge on any atom is 0.144 e. The Balaban J connectivity index is 1.39. The van der Waals surface area contributed by atoms with Crippen LogP contribution in [0.4, 0.5) is 0 Å². The van der Waals surface area contributed by atoms with Gasteiger partial charge in [0.25, 0.3) is 0 Å². The van der Waals surface area contributed by atoms with Crippen molar-refractivity contribution in [2.75, 3.05) is 0 Å². The van der Waals surface area contributed by atoms with E-state index in [0.29, 0.717) is 0 Å². The smallest absolute Gasteiger partial charge is 0.144 e. The first-order chi connectivity index (χ1) is 23.4. The zero-order valence-corrected chi connectivity index (χ0v) is 26.6. The third-order valence-electron chi connectivity index (χ3n) is 8.79. The first-order valence-electron chi connectivity index (χ1n) is 15.4. The average Bonchev–Trinajstić information content (AvgIpc) is 3.91. The molecule has 232 valence electrons. The van der Waals surface area contributed by atoms with E-state index >= 15 is 0 Å². The molecule has 0 radical (unpaired) electrons. The van der Waals surface area contributed by atoms with Crippen LogP contribution in [-0.2, 0) is 28.2 Å². The van der Waals surface area contributed by atoms with Gasteiger partial charge in [0, 0.05) is 77.8 Å². The summed E-state index contributed by atoms with van der Waals surface area (Å²) >= 11 is 0. The van der Waals surface area contributed by atoms with Crippen molar-refractivity contribution >= 4 is 45.1 Å². The van der Waals surface area contributed by atoms with Gasteiger partial charge in [-0.2, -0.15) is 0 Å². The summed E-state index contributed by atoms with van der Waals surface area (Å²) < 4.78 is 7.92. The molecule has 0 unspecified atom stereocenters. The number of allylic oxidation sites excluding steroid dienone is 12. The van der Waals surface area contributed by atoms with Gasteiger partial charge in [-0.05, 0) is 48.6 Å². The summed E-state index contributed by atoms with van der Waals surface area (Å²) in [7, 11) is 7.89. The predicted molar refractivity (Wildman–Crippen MR) is 187 cm³/mol. The highest BCUT2D eigenvalue weighted by Gasteiger charge is 2.30. The lowest BCUT2D eigenvalue weighted by atomic mass is 10.1. The molecule has 8 bridgehead atoms. The molecule has 5 aliphatic rings. The second kappa shape index (κ2) is 10.5. The molecule has 12 nitrogen and oxygen atoms in total. The lowest BCUT2D eigenvalue weighted by Crippen LogP contribution is -2.09. The van der Waals surface area contributed by atoms with Gasteiger partial charge in [0.1, 0.15) is 23.3 Å². The molecule has 0 fully saturated rings. The van der Waals surface area contributed by atoms with E-state index in [4.69, 9.17) is 39.9 Å². The number of rotatable bonds is 4. The minimum absolute atomic E-state index is 0.738. The standard InChI is InChI=1S/C36H28N12/c1-45-17-13-37-33(45)29-21-5-7-23(41-21)30(34-38-14-18-46(34)2)25-9-11-27(43-25)32(36-40-16-20-48(36)4)28-12-10-26(44-28)31(24-8-6-22(29)42-24)35-39-15-19-47(35)3/h5-20H,1-4H3. The highest BCUT2D eigenvalue weighted by Crippen LogP contribution is 2.37. The van der Waals surface area contributed by atoms with Gasteiger partial charge in [-0.3, -0.25) is 0 Å². The first kappa shape index (κ1) is 27.7. The van der Waals surface area contributed by atoms with Crippen molar-refractivity contribution in [3.05, 3.63) is 144 Å². The number of imidazole rings is 4. The van der Waals surface area contributed by atoms with E-state index < -0.39 is 0 Å². The minimum atomic E-state index is 0.738. The molecule has 0 N–H and O–H groups in total. The monoisotopic (exact) mass is 628 g/mol. The van der Waals surface area contributed by atoms with Crippen LogP contribution in [0.2, 0.25) is 0 Å². The largest absolute Gasteiger partial charge is 0.334 e. The van der Waals surface area contributed by atoms with E-state index in [9.17, 15) is 0 Å². The molecule has 9 heterocycles. The van der Waals surface area contributed by atoms with Gasteiger partial charge in [0.2, 0.25) is 0 Å². The zero-order valence-electron chi connectivity index (χ0n) is 26.6. The van der Waals surface area contributed by atoms with Gasteiger partial charge in [-0.1, -0.05) is 0 Å². The van der Waals surface area contributed by atoms with Crippen LogP contribution < -0.4 is 0 Å². The number of aryl methyl sites for hydroxylation is 4. The molecule has 0 atom stereocenters. The van der Waals surface area contributed by atoms with Crippen LogP contribution in [0.3, 0.4) is 0 Å². The van der Waals surface area contributed by atoms with Crippen molar-refractivity contribution in [2.24, 2.45) is 48.2 Å². The average molecular weight is 629 g/mol. The van der Waals surface area contributed by atoms with Crippen LogP contribution >= 0.6 is 0 Å². The van der Waals surface area contributed by atoms with E-state index in [0.717, 1.165) is 91.2 Å². The second-order valence-corrected chi connectivity index (χ2v) is 11.8. The molecule has 0 aliphatic carbocycles. The summed E-state index contributed by atoms with van der Waals surface area (Å²) in [4.78, 5) is 39.8. The first-order valence-corrected chi connectivity index (χ1v) is 15.4. The van der Waals surface area contributed by atoms with E-state index in [1.165, 1.54) is 0 Å². The Morgan fingerprint density at radius 3 is 0.750 bits per heavy atom. The number of fused-ring (bicyclic) bond motifs is 4. The quantitative estimate of drug-likeness (QED) is 0.328. The Kier molecular flexibility index (Phi) is 6.06. The molecule has 4 aromatic heterocycles. The van der Waals surface area contributed by atoms with Crippen molar-refractivity contribution in [1.82, 2.24) is 38.2 Å². The zero-order chi connectivity index (χ0) is 32.5. The van der Waals surface area contributed by atoms with Gasteiger partial charge in [0.15, 0.2) is 0 Å². The number of aliphatic imine (C=N–C) groups is 4. The fourth-order valence-corrected chi connectivity index (χ4v) is 6.43. The van der Waals surface area contributed by atoms with E-state index in [-0.39, 0.29) is 0 Å². The van der Waals surface area contributed by atoms with Crippen molar-refractivity contribution in [1.29, 1.82) is 0 Å². The summed E-state index contributed by atoms with van der Waals surface area (Å²) in [6, 6.07) is 0. The van der Waals surface area contributed by atoms with Gasteiger partial charge in [0.05, 0.1) is 67.9 Å². The predicted octanol–water partition coefficient (Wildman–Crippen LogP) is 4.62. The Hall–Kier alpha value is -6.56. The Labute approximate surface area is 275 Å². The number of hydrogen-bond acceptors (Lipinski definition) is 8. The van der Waals surface area contributed by atoms with Gasteiger partial charge < -0.3 is 18.3 Å². The maximum atomic E-state index is 5.22. The summed E-state index contributed by atoms with van der Waals surface area (Å²) in [6.07, 6.45) is 30.9. The van der Waals surface area contributed by atoms with E-state index in [2.05, 4.69) is 0 Å². The van der Waals surface area contributed by atoms with Crippen LogP contribution in [0, 0.1) is 0 Å². The molecule has 0 amide bonds. The maximum absolute atomic E-state index is 5.22. The Bertz CT molecular complexity index is 2130. The van der Waals surface area contributed by atoms with Crippen LogP contribution in [0.5, 0.6) is 0 Å². The van der Waals surface area contributed by atoms with Crippen LogP contribution in [-0.4, -0.2) is 61.1 Å². The van der Waals surface area contributed by atoms with E-state index in [1.807, 2.05) is 120 Å². The fraction of sp³-hybridized carbons (Fsp3) is 0.111. The normalized spacial score (nSPS) is 18.2. The third kappa shape index (κ3) is 4.23. The molecule has 48 heavy (non-hydrogen) atoms. The van der Waals surface area contributed by atoms with Gasteiger partial charge in [-0.15, -0.1) is 0 Å². The molecule has 0 saturated carbocycles. The minimum Gasteiger partial charge on any atom is -0.334 e. The fourth-order valence-electron chi connectivity index (χ4n) is 6.43. The van der Waals surface area contributed by atoms with Crippen molar-refractivity contribution in [3.63, 3.8) is 0 Å². The number of nitrogens with zero attached hydrogens (tertiary/aromatic N) is 12. The second-order valence-electron chi connectivity index (χ2n) is 11.8. The Morgan fingerprint density at radius 1 is 0.333 bits per heavy atom. The highest BCUT2D eigenvalue weighted by atomic mass is 15.1. The molecule has 9 rings (SSSR count). The summed E-state index contributed by atoms with van der Waals surface area (Å²) in [5.74, 6) is 3.00. The molecule has 12 heteroatoms. The highest BCUT2D eigenvalue weighted by molar-refractivity contribution is 6.39. The summed E-state index contributed by atoms with van der Waals surface area (Å²) in [6.45, 7) is 0.